The van der Waals surface area contributed by atoms with Crippen LogP contribution in [-0.2, 0) is 28.5 Å². The monoisotopic (exact) mass is 827 g/mol. The van der Waals surface area contributed by atoms with Crippen molar-refractivity contribution in [2.24, 2.45) is 0 Å². The standard InChI is InChI=1S/C49H78O10/c1-3-5-7-9-11-13-15-17-19-20-21-22-24-26-28-30-32-34-36-38-45(52)58-42(41-57-49-48(55)47(54)46(53)43(39-50)59-49)40-56-44(51)37-35-33-31-29-27-25-23-18-16-14-12-10-8-6-4-2/h5,7,11-14,17-19,21-23,26,28,32,34,42-43,46-50,53-55H,3-4,6,8-10,15-16,20,24-25,27,29-31,33,35-41H2,1-2H3/b7-5+,13-11+,14-12+,19-17+,22-21+,23-18+,28-26+,34-32+/t42-,43-,46+,47?,48?,49-/m1/s1. The van der Waals surface area contributed by atoms with E-state index in [0.29, 0.717) is 12.8 Å². The molecule has 0 saturated carbocycles. The lowest BCUT2D eigenvalue weighted by atomic mass is 9.99. The van der Waals surface area contributed by atoms with E-state index in [9.17, 15) is 30.0 Å². The predicted molar refractivity (Wildman–Crippen MR) is 237 cm³/mol. The molecule has 0 aliphatic carbocycles. The molecule has 334 valence electrons. The summed E-state index contributed by atoms with van der Waals surface area (Å²) in [5, 5.41) is 40.1. The van der Waals surface area contributed by atoms with Crippen LogP contribution in [0.25, 0.3) is 0 Å². The molecule has 1 heterocycles. The molecule has 10 nitrogen and oxygen atoms in total. The zero-order valence-corrected chi connectivity index (χ0v) is 36.2. The Morgan fingerprint density at radius 1 is 0.542 bits per heavy atom. The number of hydrogen-bond acceptors (Lipinski definition) is 10. The van der Waals surface area contributed by atoms with Crippen LogP contribution in [0, 0.1) is 0 Å². The Labute approximate surface area is 356 Å². The van der Waals surface area contributed by atoms with Crippen molar-refractivity contribution in [2.75, 3.05) is 19.8 Å². The number of aliphatic hydroxyl groups excluding tert-OH is 4. The highest BCUT2D eigenvalue weighted by Gasteiger charge is 2.44. The third kappa shape index (κ3) is 30.3. The summed E-state index contributed by atoms with van der Waals surface area (Å²) in [6.45, 7) is 3.17. The maximum absolute atomic E-state index is 12.7. The summed E-state index contributed by atoms with van der Waals surface area (Å²) in [5.74, 6) is -0.931. The molecule has 0 bridgehead atoms. The lowest BCUT2D eigenvalue weighted by Gasteiger charge is -2.39. The molecule has 0 radical (unpaired) electrons. The Morgan fingerprint density at radius 3 is 1.58 bits per heavy atom. The number of carbonyl (C=O) groups is 2. The molecule has 1 aliphatic heterocycles. The van der Waals surface area contributed by atoms with Crippen LogP contribution in [0.5, 0.6) is 0 Å². The van der Waals surface area contributed by atoms with Crippen molar-refractivity contribution in [1.29, 1.82) is 0 Å². The van der Waals surface area contributed by atoms with E-state index in [1.165, 1.54) is 19.3 Å². The molecule has 1 aliphatic rings. The lowest BCUT2D eigenvalue weighted by molar-refractivity contribution is -0.305. The predicted octanol–water partition coefficient (Wildman–Crippen LogP) is 9.55. The second-order valence-electron chi connectivity index (χ2n) is 14.8. The average Bonchev–Trinajstić information content (AvgIpc) is 3.23. The van der Waals surface area contributed by atoms with Crippen molar-refractivity contribution in [3.8, 4) is 0 Å². The van der Waals surface area contributed by atoms with Gasteiger partial charge < -0.3 is 39.4 Å². The van der Waals surface area contributed by atoms with Crippen molar-refractivity contribution >= 4 is 11.9 Å². The summed E-state index contributed by atoms with van der Waals surface area (Å²) in [5.41, 5.74) is 0. The van der Waals surface area contributed by atoms with Gasteiger partial charge in [0.15, 0.2) is 12.4 Å². The van der Waals surface area contributed by atoms with Crippen molar-refractivity contribution in [2.45, 2.75) is 179 Å². The third-order valence-electron chi connectivity index (χ3n) is 9.47. The minimum atomic E-state index is -1.62. The lowest BCUT2D eigenvalue weighted by Crippen LogP contribution is -2.59. The first-order chi connectivity index (χ1) is 28.8. The highest BCUT2D eigenvalue weighted by atomic mass is 16.7. The smallest absolute Gasteiger partial charge is 0.306 e. The minimum absolute atomic E-state index is 0.0959. The van der Waals surface area contributed by atoms with E-state index in [2.05, 4.69) is 98.9 Å². The Balaban J connectivity index is 2.42. The number of unbranched alkanes of at least 4 members (excludes halogenated alkanes) is 8. The Kier molecular flexibility index (Phi) is 35.3. The van der Waals surface area contributed by atoms with E-state index in [-0.39, 0.29) is 26.1 Å². The molecule has 0 aromatic heterocycles. The fourth-order valence-electron chi connectivity index (χ4n) is 5.95. The molecule has 1 saturated heterocycles. The highest BCUT2D eigenvalue weighted by Crippen LogP contribution is 2.22. The number of rotatable bonds is 35. The highest BCUT2D eigenvalue weighted by molar-refractivity contribution is 5.70. The van der Waals surface area contributed by atoms with Gasteiger partial charge in [-0.05, 0) is 83.5 Å². The van der Waals surface area contributed by atoms with Crippen molar-refractivity contribution in [3.63, 3.8) is 0 Å². The van der Waals surface area contributed by atoms with Gasteiger partial charge in [-0.3, -0.25) is 9.59 Å². The second-order valence-corrected chi connectivity index (χ2v) is 14.8. The van der Waals surface area contributed by atoms with E-state index >= 15 is 0 Å². The Morgan fingerprint density at radius 2 is 1.03 bits per heavy atom. The van der Waals surface area contributed by atoms with Crippen molar-refractivity contribution < 1.29 is 49.0 Å². The summed E-state index contributed by atoms with van der Waals surface area (Å²) >= 11 is 0. The van der Waals surface area contributed by atoms with Gasteiger partial charge in [-0.25, -0.2) is 0 Å². The summed E-state index contributed by atoms with van der Waals surface area (Å²) in [6, 6.07) is 0. The van der Waals surface area contributed by atoms with Crippen molar-refractivity contribution in [3.05, 3.63) is 97.2 Å². The summed E-state index contributed by atoms with van der Waals surface area (Å²) in [6.07, 6.45) is 44.2. The SMILES string of the molecule is CC/C=C/C/C=C/C/C=C/C/C=C/C/C=C/C/C=C/CCC(=O)O[C@H](COC(=O)CCCCCCC/C=C/C/C=C/CCCCC)CO[C@@H]1O[C@H](CO)[C@H](O)C(O)C1O. The molecule has 1 fully saturated rings. The van der Waals surface area contributed by atoms with Crippen LogP contribution in [0.4, 0.5) is 0 Å². The van der Waals surface area contributed by atoms with Crippen LogP contribution in [0.2, 0.25) is 0 Å². The molecule has 4 N–H and O–H groups in total. The normalized spacial score (nSPS) is 20.9. The zero-order chi connectivity index (χ0) is 43.0. The first-order valence-electron chi connectivity index (χ1n) is 22.3. The molecule has 0 amide bonds. The number of ether oxygens (including phenoxy) is 4. The summed E-state index contributed by atoms with van der Waals surface area (Å²) < 4.78 is 22.0. The number of allylic oxidation sites excluding steroid dienone is 16. The summed E-state index contributed by atoms with van der Waals surface area (Å²) in [7, 11) is 0. The van der Waals surface area contributed by atoms with Gasteiger partial charge in [0.25, 0.3) is 0 Å². The van der Waals surface area contributed by atoms with Gasteiger partial charge in [0.1, 0.15) is 31.0 Å². The molecule has 0 aromatic rings. The molecule has 0 spiro atoms. The first-order valence-corrected chi connectivity index (χ1v) is 22.3. The number of hydrogen-bond donors (Lipinski definition) is 4. The first kappa shape index (κ1) is 53.6. The van der Waals surface area contributed by atoms with E-state index in [1.807, 2.05) is 12.2 Å². The van der Waals surface area contributed by atoms with E-state index in [0.717, 1.165) is 83.5 Å². The Bertz CT molecular complexity index is 1280. The zero-order valence-electron chi connectivity index (χ0n) is 36.2. The number of aliphatic hydroxyl groups is 4. The van der Waals surface area contributed by atoms with Crippen LogP contribution < -0.4 is 0 Å². The van der Waals surface area contributed by atoms with Crippen LogP contribution in [0.3, 0.4) is 0 Å². The van der Waals surface area contributed by atoms with Gasteiger partial charge in [0.2, 0.25) is 0 Å². The second kappa shape index (κ2) is 38.8. The van der Waals surface area contributed by atoms with E-state index in [4.69, 9.17) is 18.9 Å². The van der Waals surface area contributed by atoms with E-state index < -0.39 is 55.4 Å². The minimum Gasteiger partial charge on any atom is -0.462 e. The summed E-state index contributed by atoms with van der Waals surface area (Å²) in [4.78, 5) is 25.3. The van der Waals surface area contributed by atoms with Gasteiger partial charge in [-0.2, -0.15) is 0 Å². The van der Waals surface area contributed by atoms with Gasteiger partial charge in [-0.15, -0.1) is 0 Å². The van der Waals surface area contributed by atoms with Gasteiger partial charge in [0, 0.05) is 12.8 Å². The molecule has 2 unspecified atom stereocenters. The maximum Gasteiger partial charge on any atom is 0.306 e. The quantitative estimate of drug-likeness (QED) is 0.0276. The fraction of sp³-hybridized carbons (Fsp3) is 0.633. The number of esters is 2. The molecular formula is C49H78O10. The van der Waals surface area contributed by atoms with Crippen molar-refractivity contribution in [1.82, 2.24) is 0 Å². The third-order valence-corrected chi connectivity index (χ3v) is 9.47. The van der Waals surface area contributed by atoms with E-state index in [1.54, 1.807) is 0 Å². The Hall–Kier alpha value is -3.38. The number of carbonyl (C=O) groups excluding carboxylic acids is 2. The molecule has 1 rings (SSSR count). The molecule has 10 heteroatoms. The van der Waals surface area contributed by atoms with Crippen LogP contribution in [0.15, 0.2) is 97.2 Å². The molecule has 0 aromatic carbocycles. The average molecular weight is 827 g/mol. The maximum atomic E-state index is 12.7. The molecule has 59 heavy (non-hydrogen) atoms. The molecule has 6 atom stereocenters. The van der Waals surface area contributed by atoms with Gasteiger partial charge in [-0.1, -0.05) is 143 Å². The van der Waals surface area contributed by atoms with Crippen LogP contribution in [0.1, 0.15) is 142 Å². The molecular weight excluding hydrogens is 749 g/mol. The van der Waals surface area contributed by atoms with Gasteiger partial charge >= 0.3 is 11.9 Å². The van der Waals surface area contributed by atoms with Crippen LogP contribution >= 0.6 is 0 Å². The van der Waals surface area contributed by atoms with Gasteiger partial charge in [0.05, 0.1) is 13.2 Å². The largest absolute Gasteiger partial charge is 0.462 e. The topological polar surface area (TPSA) is 152 Å². The van der Waals surface area contributed by atoms with Crippen LogP contribution in [-0.4, -0.2) is 89.0 Å². The fourth-order valence-corrected chi connectivity index (χ4v) is 5.95.